The fourth-order valence-electron chi connectivity index (χ4n) is 1.32. The Balaban J connectivity index is 2.49. The molecule has 78 valence electrons. The minimum Gasteiger partial charge on any atom is -0.225 e. The van der Waals surface area contributed by atoms with Crippen molar-refractivity contribution in [3.05, 3.63) is 40.9 Å². The first kappa shape index (κ1) is 10.0. The van der Waals surface area contributed by atoms with Crippen LogP contribution in [0.4, 0.5) is 5.69 Å². The molecule has 0 bridgehead atoms. The molecule has 6 heteroatoms. The molecule has 0 atom stereocenters. The van der Waals surface area contributed by atoms with Gasteiger partial charge in [-0.2, -0.15) is 10.2 Å². The summed E-state index contributed by atoms with van der Waals surface area (Å²) in [5, 5.41) is 12.6. The highest BCUT2D eigenvalue weighted by Gasteiger charge is 2.16. The van der Waals surface area contributed by atoms with Gasteiger partial charge in [0.1, 0.15) is 0 Å². The number of sulfonamides is 1. The lowest BCUT2D eigenvalue weighted by Crippen LogP contribution is -2.15. The minimum absolute atomic E-state index is 0.0798. The van der Waals surface area contributed by atoms with E-state index >= 15 is 0 Å². The summed E-state index contributed by atoms with van der Waals surface area (Å²) in [5.74, 6) is 0. The molecule has 0 aromatic heterocycles. The van der Waals surface area contributed by atoms with Gasteiger partial charge in [0.2, 0.25) is 10.0 Å². The zero-order chi connectivity index (χ0) is 10.9. The fourth-order valence-corrected chi connectivity index (χ4v) is 1.87. The van der Waals surface area contributed by atoms with Crippen LogP contribution in [0.2, 0.25) is 0 Å². The molecule has 0 fully saturated rings. The van der Waals surface area contributed by atoms with Gasteiger partial charge in [-0.25, -0.2) is 13.6 Å². The van der Waals surface area contributed by atoms with E-state index in [1.54, 1.807) is 12.1 Å². The monoisotopic (exact) mass is 223 g/mol. The van der Waals surface area contributed by atoms with Crippen LogP contribution in [0.25, 0.3) is 0 Å². The second-order valence-electron chi connectivity index (χ2n) is 3.16. The van der Waals surface area contributed by atoms with Crippen molar-refractivity contribution in [2.75, 3.05) is 0 Å². The summed E-state index contributed by atoms with van der Waals surface area (Å²) in [6, 6.07) is 7.22. The molecule has 0 radical (unpaired) electrons. The number of allylic oxidation sites excluding steroid dienone is 1. The molecule has 0 aliphatic carbocycles. The number of hydrogen-bond donors (Lipinski definition) is 1. The number of benzene rings is 1. The van der Waals surface area contributed by atoms with Crippen LogP contribution in [-0.2, 0) is 16.4 Å². The second-order valence-corrected chi connectivity index (χ2v) is 4.78. The van der Waals surface area contributed by atoms with Crippen molar-refractivity contribution < 1.29 is 8.42 Å². The van der Waals surface area contributed by atoms with Crippen LogP contribution < -0.4 is 5.14 Å². The molecule has 1 aromatic carbocycles. The summed E-state index contributed by atoms with van der Waals surface area (Å²) >= 11 is 0. The first-order valence-corrected chi connectivity index (χ1v) is 5.82. The highest BCUT2D eigenvalue weighted by Crippen LogP contribution is 2.26. The lowest BCUT2D eigenvalue weighted by molar-refractivity contribution is 0.602. The van der Waals surface area contributed by atoms with Gasteiger partial charge in [-0.05, 0) is 11.6 Å². The highest BCUT2D eigenvalue weighted by molar-refractivity contribution is 7.93. The van der Waals surface area contributed by atoms with Crippen molar-refractivity contribution in [3.8, 4) is 0 Å². The molecule has 1 heterocycles. The van der Waals surface area contributed by atoms with Crippen LogP contribution in [-0.4, -0.2) is 8.42 Å². The van der Waals surface area contributed by atoms with Crippen molar-refractivity contribution in [1.82, 2.24) is 0 Å². The molecule has 1 aromatic rings. The average molecular weight is 223 g/mol. The summed E-state index contributed by atoms with van der Waals surface area (Å²) in [7, 11) is -3.68. The maximum atomic E-state index is 11.2. The summed E-state index contributed by atoms with van der Waals surface area (Å²) in [4.78, 5) is 0.0798. The third-order valence-electron chi connectivity index (χ3n) is 2.09. The Morgan fingerprint density at radius 3 is 2.73 bits per heavy atom. The van der Waals surface area contributed by atoms with E-state index in [9.17, 15) is 8.42 Å². The molecule has 1 aliphatic rings. The van der Waals surface area contributed by atoms with Gasteiger partial charge in [-0.15, -0.1) is 0 Å². The average Bonchev–Trinajstić information content (AvgIpc) is 2.38. The van der Waals surface area contributed by atoms with E-state index in [0.29, 0.717) is 5.69 Å². The van der Waals surface area contributed by atoms with E-state index in [4.69, 9.17) is 5.14 Å². The summed E-state index contributed by atoms with van der Waals surface area (Å²) in [6.45, 7) is 0. The first-order chi connectivity index (χ1) is 7.07. The molecule has 0 amide bonds. The molecule has 15 heavy (non-hydrogen) atoms. The van der Waals surface area contributed by atoms with Crippen LogP contribution in [0.5, 0.6) is 0 Å². The molecule has 1 aliphatic heterocycles. The molecule has 2 rings (SSSR count). The fraction of sp³-hybridized carbons (Fsp3) is 0.111. The van der Waals surface area contributed by atoms with Crippen LogP contribution in [0, 0.1) is 0 Å². The quantitative estimate of drug-likeness (QED) is 0.781. The maximum absolute atomic E-state index is 11.2. The Morgan fingerprint density at radius 1 is 1.27 bits per heavy atom. The third kappa shape index (κ3) is 2.11. The van der Waals surface area contributed by atoms with Gasteiger partial charge in [0.05, 0.1) is 16.8 Å². The SMILES string of the molecule is NS(=O)(=O)C1=CN=Nc2ccccc2C1. The van der Waals surface area contributed by atoms with Crippen LogP contribution in [0.1, 0.15) is 5.56 Å². The molecule has 0 saturated heterocycles. The minimum atomic E-state index is -3.68. The zero-order valence-corrected chi connectivity index (χ0v) is 8.61. The molecule has 0 unspecified atom stereocenters. The van der Waals surface area contributed by atoms with Crippen molar-refractivity contribution in [3.63, 3.8) is 0 Å². The molecular formula is C9H9N3O2S. The van der Waals surface area contributed by atoms with E-state index in [2.05, 4.69) is 10.2 Å². The maximum Gasteiger partial charge on any atom is 0.236 e. The van der Waals surface area contributed by atoms with Gasteiger partial charge < -0.3 is 0 Å². The summed E-state index contributed by atoms with van der Waals surface area (Å²) in [6.07, 6.45) is 1.43. The summed E-state index contributed by atoms with van der Waals surface area (Å²) in [5.41, 5.74) is 1.48. The van der Waals surface area contributed by atoms with Crippen molar-refractivity contribution >= 4 is 15.7 Å². The van der Waals surface area contributed by atoms with Gasteiger partial charge >= 0.3 is 0 Å². The number of primary sulfonamides is 1. The van der Waals surface area contributed by atoms with Gasteiger partial charge in [-0.3, -0.25) is 0 Å². The molecule has 2 N–H and O–H groups in total. The van der Waals surface area contributed by atoms with E-state index in [-0.39, 0.29) is 11.3 Å². The smallest absolute Gasteiger partial charge is 0.225 e. The standard InChI is InChI=1S/C9H9N3O2S/c10-15(13,14)8-5-7-3-1-2-4-9(7)12-11-6-8/h1-4,6H,5H2,(H2,10,13,14). The van der Waals surface area contributed by atoms with Gasteiger partial charge in [0.15, 0.2) is 0 Å². The Kier molecular flexibility index (Phi) is 2.37. The third-order valence-corrected chi connectivity index (χ3v) is 3.07. The number of fused-ring (bicyclic) bond motifs is 1. The largest absolute Gasteiger partial charge is 0.236 e. The van der Waals surface area contributed by atoms with Crippen LogP contribution in [0.15, 0.2) is 45.6 Å². The highest BCUT2D eigenvalue weighted by atomic mass is 32.2. The van der Waals surface area contributed by atoms with Gasteiger partial charge in [-0.1, -0.05) is 18.2 Å². The van der Waals surface area contributed by atoms with Crippen molar-refractivity contribution in [1.29, 1.82) is 0 Å². The Morgan fingerprint density at radius 2 is 2.00 bits per heavy atom. The topological polar surface area (TPSA) is 84.9 Å². The zero-order valence-electron chi connectivity index (χ0n) is 7.79. The molecule has 0 saturated carbocycles. The number of azo groups is 1. The van der Waals surface area contributed by atoms with Crippen molar-refractivity contribution in [2.45, 2.75) is 6.42 Å². The van der Waals surface area contributed by atoms with Crippen molar-refractivity contribution in [2.24, 2.45) is 15.4 Å². The Hall–Kier alpha value is -1.53. The van der Waals surface area contributed by atoms with E-state index in [0.717, 1.165) is 5.56 Å². The molecule has 5 nitrogen and oxygen atoms in total. The molecular weight excluding hydrogens is 214 g/mol. The van der Waals surface area contributed by atoms with Gasteiger partial charge in [0.25, 0.3) is 0 Å². The number of nitrogens with two attached hydrogens (primary N) is 1. The van der Waals surface area contributed by atoms with E-state index in [1.165, 1.54) is 6.20 Å². The van der Waals surface area contributed by atoms with E-state index < -0.39 is 10.0 Å². The van der Waals surface area contributed by atoms with E-state index in [1.807, 2.05) is 12.1 Å². The number of hydrogen-bond acceptors (Lipinski definition) is 4. The lowest BCUT2D eigenvalue weighted by Gasteiger charge is -2.03. The van der Waals surface area contributed by atoms with Gasteiger partial charge in [0, 0.05) is 6.42 Å². The lowest BCUT2D eigenvalue weighted by atomic mass is 10.1. The predicted octanol–water partition coefficient (Wildman–Crippen LogP) is 1.46. The second kappa shape index (κ2) is 3.56. The Labute approximate surface area is 87.4 Å². The molecule has 0 spiro atoms. The predicted molar refractivity (Wildman–Crippen MR) is 55.9 cm³/mol. The number of rotatable bonds is 1. The van der Waals surface area contributed by atoms with Crippen LogP contribution >= 0.6 is 0 Å². The summed E-state index contributed by atoms with van der Waals surface area (Å²) < 4.78 is 22.3. The van der Waals surface area contributed by atoms with Crippen LogP contribution in [0.3, 0.4) is 0 Å². The first-order valence-electron chi connectivity index (χ1n) is 4.28. The number of nitrogens with zero attached hydrogens (tertiary/aromatic N) is 2. The normalized spacial score (nSPS) is 15.4. The Bertz CT molecular complexity index is 546.